The molecule has 0 aromatic carbocycles. The summed E-state index contributed by atoms with van der Waals surface area (Å²) in [5.41, 5.74) is 0. The van der Waals surface area contributed by atoms with Gasteiger partial charge in [0.25, 0.3) is 0 Å². The van der Waals surface area contributed by atoms with Crippen LogP contribution in [0.25, 0.3) is 0 Å². The molecule has 18 heavy (non-hydrogen) atoms. The van der Waals surface area contributed by atoms with Crippen molar-refractivity contribution in [1.29, 1.82) is 0 Å². The smallest absolute Gasteiger partial charge is 0.550 e. The number of thioether (sulfide) groups is 2. The Morgan fingerprint density at radius 3 is 1.00 bits per heavy atom. The van der Waals surface area contributed by atoms with Gasteiger partial charge in [-0.05, 0) is 23.0 Å². The van der Waals surface area contributed by atoms with Crippen molar-refractivity contribution < 1.29 is 40.9 Å². The molecule has 4 nitrogen and oxygen atoms in total. The zero-order valence-electron chi connectivity index (χ0n) is 11.3. The van der Waals surface area contributed by atoms with Gasteiger partial charge in [-0.2, -0.15) is 23.5 Å². The van der Waals surface area contributed by atoms with E-state index in [9.17, 15) is 19.8 Å². The van der Waals surface area contributed by atoms with Crippen molar-refractivity contribution in [3.63, 3.8) is 0 Å². The van der Waals surface area contributed by atoms with Gasteiger partial charge < -0.3 is 19.8 Å². The normalized spacial score (nSPS) is 7.78. The predicted octanol–water partition coefficient (Wildman–Crippen LogP) is 0.393. The van der Waals surface area contributed by atoms with Crippen LogP contribution in [0.5, 0.6) is 0 Å². The number of carbonyl (C=O) groups is 2. The number of aliphatic carboxylic acids is 2. The summed E-state index contributed by atoms with van der Waals surface area (Å²) >= 11 is 3.93. The molecule has 0 aromatic heterocycles. The van der Waals surface area contributed by atoms with Crippen LogP contribution in [0.4, 0.5) is 0 Å². The Morgan fingerprint density at radius 1 is 0.778 bits per heavy atom. The van der Waals surface area contributed by atoms with Crippen LogP contribution in [0.3, 0.4) is 0 Å². The summed E-state index contributed by atoms with van der Waals surface area (Å²) in [6.07, 6.45) is -1.03. The number of hydrogen-bond acceptors (Lipinski definition) is 6. The fraction of sp³-hybridized carbons (Fsp3) is 0.818. The second-order valence-corrected chi connectivity index (χ2v) is 5.61. The molecule has 0 saturated heterocycles. The quantitative estimate of drug-likeness (QED) is 0.515. The van der Waals surface area contributed by atoms with Gasteiger partial charge in [-0.3, -0.25) is 0 Å². The first-order chi connectivity index (χ1) is 7.95. The molecule has 0 N–H and O–H groups in total. The minimum absolute atomic E-state index is 0. The van der Waals surface area contributed by atoms with Gasteiger partial charge in [0.2, 0.25) is 0 Å². The largest absolute Gasteiger partial charge is 2.00 e. The third-order valence-electron chi connectivity index (χ3n) is 1.11. The summed E-state index contributed by atoms with van der Waals surface area (Å²) in [4.78, 5) is 18.6. The summed E-state index contributed by atoms with van der Waals surface area (Å²) < 4.78 is 0. The van der Waals surface area contributed by atoms with Crippen molar-refractivity contribution >= 4 is 35.5 Å². The van der Waals surface area contributed by atoms with E-state index >= 15 is 0 Å². The van der Waals surface area contributed by atoms with Gasteiger partial charge in [0.1, 0.15) is 0 Å². The molecular formula is C11H22O4PtS2. The van der Waals surface area contributed by atoms with Crippen LogP contribution < -0.4 is 10.2 Å². The van der Waals surface area contributed by atoms with Crippen molar-refractivity contribution in [2.24, 2.45) is 0 Å². The zero-order valence-corrected chi connectivity index (χ0v) is 15.2. The average molecular weight is 478 g/mol. The van der Waals surface area contributed by atoms with Crippen LogP contribution in [-0.4, -0.2) is 35.0 Å². The molecule has 0 unspecified atom stereocenters. The maximum Gasteiger partial charge on any atom is 2.00 e. The van der Waals surface area contributed by atoms with E-state index in [0.29, 0.717) is 0 Å². The van der Waals surface area contributed by atoms with E-state index in [1.54, 1.807) is 0 Å². The van der Waals surface area contributed by atoms with Crippen molar-refractivity contribution in [1.82, 2.24) is 0 Å². The SMILES string of the molecule is CCSCC.CCSCC.O=C([O-])CC(=O)[O-].[Pt+2]. The molecule has 0 atom stereocenters. The van der Waals surface area contributed by atoms with Gasteiger partial charge in [-0.15, -0.1) is 0 Å². The van der Waals surface area contributed by atoms with Crippen molar-refractivity contribution in [2.75, 3.05) is 23.0 Å². The maximum absolute atomic E-state index is 9.28. The predicted molar refractivity (Wildman–Crippen MR) is 72.0 cm³/mol. The average Bonchev–Trinajstić information content (AvgIpc) is 2.19. The number of rotatable bonds is 6. The Kier molecular flexibility index (Phi) is 38.7. The molecule has 0 radical (unpaired) electrons. The van der Waals surface area contributed by atoms with Crippen molar-refractivity contribution in [3.8, 4) is 0 Å². The third-order valence-corrected chi connectivity index (χ3v) is 2.74. The Morgan fingerprint density at radius 2 is 1.00 bits per heavy atom. The van der Waals surface area contributed by atoms with Gasteiger partial charge >= 0.3 is 21.1 Å². The van der Waals surface area contributed by atoms with Gasteiger partial charge in [-0.25, -0.2) is 0 Å². The van der Waals surface area contributed by atoms with Crippen LogP contribution in [-0.2, 0) is 30.7 Å². The van der Waals surface area contributed by atoms with Crippen LogP contribution in [0.1, 0.15) is 34.1 Å². The molecule has 0 aliphatic carbocycles. The first kappa shape index (κ1) is 26.8. The minimum atomic E-state index is -1.63. The van der Waals surface area contributed by atoms with Gasteiger partial charge in [0.15, 0.2) is 0 Å². The monoisotopic (exact) mass is 477 g/mol. The van der Waals surface area contributed by atoms with Crippen LogP contribution in [0.2, 0.25) is 0 Å². The molecule has 0 aromatic rings. The molecule has 0 aliphatic heterocycles. The Bertz CT molecular complexity index is 158. The van der Waals surface area contributed by atoms with Crippen LogP contribution in [0, 0.1) is 0 Å². The molecule has 0 rings (SSSR count). The number of carboxylic acid groups (broad SMARTS) is 2. The molecule has 0 heterocycles. The summed E-state index contributed by atoms with van der Waals surface area (Å²) in [6, 6.07) is 0. The molecule has 7 heteroatoms. The summed E-state index contributed by atoms with van der Waals surface area (Å²) in [6.45, 7) is 8.70. The third kappa shape index (κ3) is 55.3. The van der Waals surface area contributed by atoms with Gasteiger partial charge in [-0.1, -0.05) is 27.7 Å². The zero-order chi connectivity index (χ0) is 14.1. The number of hydrogen-bond donors (Lipinski definition) is 0. The second-order valence-electron chi connectivity index (χ2n) is 2.48. The Hall–Kier alpha value is 0.328. The Balaban J connectivity index is -0.0000000813. The van der Waals surface area contributed by atoms with E-state index in [-0.39, 0.29) is 21.1 Å². The van der Waals surface area contributed by atoms with Gasteiger partial charge in [0, 0.05) is 18.4 Å². The van der Waals surface area contributed by atoms with E-state index in [4.69, 9.17) is 0 Å². The topological polar surface area (TPSA) is 80.3 Å². The van der Waals surface area contributed by atoms with E-state index in [1.807, 2.05) is 23.5 Å². The number of carbonyl (C=O) groups excluding carboxylic acids is 2. The van der Waals surface area contributed by atoms with Gasteiger partial charge in [0.05, 0.1) is 0 Å². The molecule has 0 spiro atoms. The first-order valence-electron chi connectivity index (χ1n) is 5.51. The summed E-state index contributed by atoms with van der Waals surface area (Å²) in [5.74, 6) is 1.79. The minimum Gasteiger partial charge on any atom is -0.550 e. The molecule has 0 aliphatic rings. The molecule has 0 bridgehead atoms. The number of carboxylic acids is 2. The molecule has 0 saturated carbocycles. The fourth-order valence-electron chi connectivity index (χ4n) is 0.526. The summed E-state index contributed by atoms with van der Waals surface area (Å²) in [7, 11) is 0. The fourth-order valence-corrected chi connectivity index (χ4v) is 1.34. The Labute approximate surface area is 133 Å². The van der Waals surface area contributed by atoms with Crippen molar-refractivity contribution in [2.45, 2.75) is 34.1 Å². The van der Waals surface area contributed by atoms with Crippen molar-refractivity contribution in [3.05, 3.63) is 0 Å². The molecule has 112 valence electrons. The second kappa shape index (κ2) is 26.0. The molecule has 0 amide bonds. The van der Waals surface area contributed by atoms with E-state index < -0.39 is 18.4 Å². The standard InChI is InChI=1S/2C4H10S.C3H4O4.Pt/c2*1-3-5-4-2;4-2(5)1-3(6)7;/h2*3-4H2,1-2H3;1H2,(H,4,5)(H,6,7);/q;;;+2/p-2. The van der Waals surface area contributed by atoms with Crippen LogP contribution in [0.15, 0.2) is 0 Å². The maximum atomic E-state index is 9.28. The van der Waals surface area contributed by atoms with E-state index in [0.717, 1.165) is 0 Å². The molecular weight excluding hydrogens is 455 g/mol. The van der Waals surface area contributed by atoms with E-state index in [1.165, 1.54) is 23.0 Å². The van der Waals surface area contributed by atoms with Crippen LogP contribution >= 0.6 is 23.5 Å². The van der Waals surface area contributed by atoms with E-state index in [2.05, 4.69) is 27.7 Å². The molecule has 0 fully saturated rings. The first-order valence-corrected chi connectivity index (χ1v) is 7.82. The summed E-state index contributed by atoms with van der Waals surface area (Å²) in [5, 5.41) is 18.6.